The summed E-state index contributed by atoms with van der Waals surface area (Å²) < 4.78 is 5.74. The highest BCUT2D eigenvalue weighted by molar-refractivity contribution is 4.87. The van der Waals surface area contributed by atoms with Gasteiger partial charge >= 0.3 is 0 Å². The van der Waals surface area contributed by atoms with Crippen molar-refractivity contribution in [1.82, 2.24) is 10.2 Å². The Bertz CT molecular complexity index is 221. The molecule has 0 aromatic heterocycles. The van der Waals surface area contributed by atoms with Gasteiger partial charge in [0, 0.05) is 24.7 Å². The summed E-state index contributed by atoms with van der Waals surface area (Å²) in [5.74, 6) is 0. The standard InChI is InChI=1S/C13H28N2O2/c1-10(6-13(4,9-16)14-5)15-7-11(2)17-12(3)8-15/h10-12,14,16H,6-9H2,1-5H3. The Morgan fingerprint density at radius 2 is 1.94 bits per heavy atom. The first kappa shape index (κ1) is 14.9. The van der Waals surface area contributed by atoms with E-state index in [4.69, 9.17) is 4.74 Å². The molecule has 1 aliphatic heterocycles. The van der Waals surface area contributed by atoms with Crippen molar-refractivity contribution in [2.75, 3.05) is 26.7 Å². The van der Waals surface area contributed by atoms with Crippen LogP contribution in [0.3, 0.4) is 0 Å². The number of aliphatic hydroxyl groups excluding tert-OH is 1. The molecule has 0 saturated carbocycles. The number of likely N-dealkylation sites (N-methyl/N-ethyl adjacent to an activating group) is 1. The topological polar surface area (TPSA) is 44.7 Å². The molecule has 0 amide bonds. The van der Waals surface area contributed by atoms with Crippen molar-refractivity contribution < 1.29 is 9.84 Å². The summed E-state index contributed by atoms with van der Waals surface area (Å²) in [6, 6.07) is 0.452. The molecular weight excluding hydrogens is 216 g/mol. The maximum absolute atomic E-state index is 9.43. The second-order valence-electron chi connectivity index (χ2n) is 5.73. The second kappa shape index (κ2) is 6.14. The molecule has 4 unspecified atom stereocenters. The Labute approximate surface area is 105 Å². The highest BCUT2D eigenvalue weighted by Gasteiger charge is 2.30. The van der Waals surface area contributed by atoms with Crippen molar-refractivity contribution >= 4 is 0 Å². The van der Waals surface area contributed by atoms with E-state index < -0.39 is 0 Å². The molecule has 4 atom stereocenters. The predicted molar refractivity (Wildman–Crippen MR) is 70.2 cm³/mol. The van der Waals surface area contributed by atoms with Crippen LogP contribution in [0.1, 0.15) is 34.1 Å². The molecule has 17 heavy (non-hydrogen) atoms. The van der Waals surface area contributed by atoms with Crippen LogP contribution in [0.15, 0.2) is 0 Å². The number of hydrogen-bond donors (Lipinski definition) is 2. The Balaban J connectivity index is 2.54. The summed E-state index contributed by atoms with van der Waals surface area (Å²) in [5.41, 5.74) is -0.190. The van der Waals surface area contributed by atoms with Gasteiger partial charge in [0.1, 0.15) is 0 Å². The first-order chi connectivity index (χ1) is 7.90. The van der Waals surface area contributed by atoms with E-state index >= 15 is 0 Å². The fourth-order valence-electron chi connectivity index (χ4n) is 2.60. The monoisotopic (exact) mass is 244 g/mol. The van der Waals surface area contributed by atoms with Crippen molar-refractivity contribution in [1.29, 1.82) is 0 Å². The minimum absolute atomic E-state index is 0.170. The fourth-order valence-corrected chi connectivity index (χ4v) is 2.60. The van der Waals surface area contributed by atoms with Crippen LogP contribution in [0.2, 0.25) is 0 Å². The number of aliphatic hydroxyl groups is 1. The number of hydrogen-bond acceptors (Lipinski definition) is 4. The lowest BCUT2D eigenvalue weighted by Gasteiger charge is -2.41. The molecule has 1 fully saturated rings. The molecule has 0 aromatic rings. The SMILES string of the molecule is CNC(C)(CO)CC(C)N1CC(C)OC(C)C1. The summed E-state index contributed by atoms with van der Waals surface area (Å²) in [4.78, 5) is 2.46. The van der Waals surface area contributed by atoms with Crippen LogP contribution >= 0.6 is 0 Å². The summed E-state index contributed by atoms with van der Waals surface area (Å²) >= 11 is 0. The largest absolute Gasteiger partial charge is 0.394 e. The van der Waals surface area contributed by atoms with Gasteiger partial charge in [-0.2, -0.15) is 0 Å². The molecule has 0 aliphatic carbocycles. The molecular formula is C13H28N2O2. The number of nitrogens with zero attached hydrogens (tertiary/aromatic N) is 1. The maximum atomic E-state index is 9.43. The van der Waals surface area contributed by atoms with E-state index in [2.05, 4.69) is 37.9 Å². The van der Waals surface area contributed by atoms with Crippen LogP contribution in [0, 0.1) is 0 Å². The van der Waals surface area contributed by atoms with Gasteiger partial charge in [-0.15, -0.1) is 0 Å². The Hall–Kier alpha value is -0.160. The quantitative estimate of drug-likeness (QED) is 0.752. The summed E-state index contributed by atoms with van der Waals surface area (Å²) in [7, 11) is 1.91. The molecule has 0 aromatic carbocycles. The van der Waals surface area contributed by atoms with E-state index in [1.54, 1.807) is 0 Å². The molecule has 1 aliphatic rings. The Morgan fingerprint density at radius 3 is 2.35 bits per heavy atom. The lowest BCUT2D eigenvalue weighted by Crippen LogP contribution is -2.54. The third-order valence-corrected chi connectivity index (χ3v) is 3.77. The molecule has 4 nitrogen and oxygen atoms in total. The van der Waals surface area contributed by atoms with Crippen molar-refractivity contribution in [2.24, 2.45) is 0 Å². The van der Waals surface area contributed by atoms with Crippen molar-refractivity contribution in [3.8, 4) is 0 Å². The van der Waals surface area contributed by atoms with Gasteiger partial charge in [0.25, 0.3) is 0 Å². The van der Waals surface area contributed by atoms with Crippen LogP contribution < -0.4 is 5.32 Å². The Morgan fingerprint density at radius 1 is 1.41 bits per heavy atom. The van der Waals surface area contributed by atoms with Gasteiger partial charge in [-0.05, 0) is 41.2 Å². The minimum atomic E-state index is -0.190. The average molecular weight is 244 g/mol. The van der Waals surface area contributed by atoms with Gasteiger partial charge in [0.05, 0.1) is 18.8 Å². The van der Waals surface area contributed by atoms with Gasteiger partial charge in [-0.25, -0.2) is 0 Å². The molecule has 0 spiro atoms. The van der Waals surface area contributed by atoms with Crippen LogP contribution in [0.4, 0.5) is 0 Å². The third-order valence-electron chi connectivity index (χ3n) is 3.77. The number of rotatable bonds is 5. The first-order valence-electron chi connectivity index (χ1n) is 6.59. The van der Waals surface area contributed by atoms with Crippen LogP contribution in [0.25, 0.3) is 0 Å². The second-order valence-corrected chi connectivity index (χ2v) is 5.73. The van der Waals surface area contributed by atoms with Crippen LogP contribution in [0.5, 0.6) is 0 Å². The Kier molecular flexibility index (Phi) is 5.38. The zero-order valence-corrected chi connectivity index (χ0v) is 11.9. The number of morpholine rings is 1. The first-order valence-corrected chi connectivity index (χ1v) is 6.59. The fraction of sp³-hybridized carbons (Fsp3) is 1.00. The molecule has 0 bridgehead atoms. The van der Waals surface area contributed by atoms with Crippen molar-refractivity contribution in [3.05, 3.63) is 0 Å². The predicted octanol–water partition coefficient (Wildman–Crippen LogP) is 0.845. The normalized spacial score (nSPS) is 32.1. The molecule has 1 rings (SSSR count). The highest BCUT2D eigenvalue weighted by atomic mass is 16.5. The van der Waals surface area contributed by atoms with Gasteiger partial charge in [0.15, 0.2) is 0 Å². The van der Waals surface area contributed by atoms with Gasteiger partial charge in [-0.1, -0.05) is 0 Å². The van der Waals surface area contributed by atoms with Gasteiger partial charge < -0.3 is 15.2 Å². The summed E-state index contributed by atoms with van der Waals surface area (Å²) in [6.45, 7) is 10.7. The smallest absolute Gasteiger partial charge is 0.0678 e. The van der Waals surface area contributed by atoms with Crippen molar-refractivity contribution in [2.45, 2.75) is 57.9 Å². The molecule has 4 heteroatoms. The lowest BCUT2D eigenvalue weighted by molar-refractivity contribution is -0.0819. The molecule has 102 valence electrons. The molecule has 0 radical (unpaired) electrons. The van der Waals surface area contributed by atoms with Gasteiger partial charge in [-0.3, -0.25) is 4.90 Å². The van der Waals surface area contributed by atoms with Crippen LogP contribution in [-0.2, 0) is 4.74 Å². The summed E-state index contributed by atoms with van der Waals surface area (Å²) in [5, 5.41) is 12.6. The number of ether oxygens (including phenoxy) is 1. The van der Waals surface area contributed by atoms with Crippen LogP contribution in [-0.4, -0.2) is 60.5 Å². The van der Waals surface area contributed by atoms with E-state index in [0.29, 0.717) is 18.2 Å². The maximum Gasteiger partial charge on any atom is 0.0678 e. The summed E-state index contributed by atoms with van der Waals surface area (Å²) in [6.07, 6.45) is 1.55. The molecule has 1 heterocycles. The third kappa shape index (κ3) is 4.21. The van der Waals surface area contributed by atoms with E-state index in [9.17, 15) is 5.11 Å². The van der Waals surface area contributed by atoms with E-state index in [0.717, 1.165) is 19.5 Å². The van der Waals surface area contributed by atoms with Crippen molar-refractivity contribution in [3.63, 3.8) is 0 Å². The lowest BCUT2D eigenvalue weighted by atomic mass is 9.93. The zero-order valence-electron chi connectivity index (χ0n) is 11.9. The minimum Gasteiger partial charge on any atom is -0.394 e. The van der Waals surface area contributed by atoms with E-state index in [-0.39, 0.29) is 12.1 Å². The zero-order chi connectivity index (χ0) is 13.1. The van der Waals surface area contributed by atoms with E-state index in [1.807, 2.05) is 7.05 Å². The van der Waals surface area contributed by atoms with Gasteiger partial charge in [0.2, 0.25) is 0 Å². The highest BCUT2D eigenvalue weighted by Crippen LogP contribution is 2.20. The van der Waals surface area contributed by atoms with E-state index in [1.165, 1.54) is 0 Å². The number of nitrogens with one attached hydrogen (secondary N) is 1. The molecule has 1 saturated heterocycles. The average Bonchev–Trinajstić information content (AvgIpc) is 2.27. The molecule has 2 N–H and O–H groups in total.